The second kappa shape index (κ2) is 3.86. The van der Waals surface area contributed by atoms with E-state index in [0.717, 1.165) is 21.6 Å². The van der Waals surface area contributed by atoms with Crippen LogP contribution >= 0.6 is 23.5 Å². The van der Waals surface area contributed by atoms with Gasteiger partial charge in [0.15, 0.2) is 0 Å². The summed E-state index contributed by atoms with van der Waals surface area (Å²) in [5.74, 6) is 0. The average molecular weight is 272 g/mol. The molecule has 0 amide bonds. The van der Waals surface area contributed by atoms with Crippen LogP contribution in [0.5, 0.6) is 0 Å². The van der Waals surface area contributed by atoms with Crippen LogP contribution in [0.1, 0.15) is 0 Å². The number of nitrogens with zero attached hydrogens (tertiary/aromatic N) is 3. The van der Waals surface area contributed by atoms with Gasteiger partial charge in [0, 0.05) is 11.9 Å². The molecule has 1 aliphatic rings. The van der Waals surface area contributed by atoms with Gasteiger partial charge in [0.1, 0.15) is 10.2 Å². The number of nitrogens with one attached hydrogen (secondary N) is 1. The van der Waals surface area contributed by atoms with Crippen LogP contribution in [-0.4, -0.2) is 9.59 Å². The van der Waals surface area contributed by atoms with Gasteiger partial charge < -0.3 is 0 Å². The maximum atomic E-state index is 4.10. The normalized spacial score (nSPS) is 13.7. The Bertz CT molecular complexity index is 700. The van der Waals surface area contributed by atoms with Crippen molar-refractivity contribution in [3.05, 3.63) is 42.5 Å². The van der Waals surface area contributed by atoms with Crippen molar-refractivity contribution in [1.29, 1.82) is 0 Å². The first-order valence-electron chi connectivity index (χ1n) is 5.47. The minimum absolute atomic E-state index is 0.941. The van der Waals surface area contributed by atoms with Gasteiger partial charge in [0.2, 0.25) is 0 Å². The first-order valence-corrected chi connectivity index (χ1v) is 7.01. The van der Waals surface area contributed by atoms with E-state index >= 15 is 0 Å². The number of para-hydroxylation sites is 1. The minimum Gasteiger partial charge on any atom is -0.287 e. The molecule has 3 aromatic rings. The summed E-state index contributed by atoms with van der Waals surface area (Å²) in [6.07, 6.45) is 0. The summed E-state index contributed by atoms with van der Waals surface area (Å²) < 4.78 is 7.17. The zero-order chi connectivity index (χ0) is 11.9. The molecule has 88 valence electrons. The molecule has 2 aromatic carbocycles. The smallest absolute Gasteiger partial charge is 0.108 e. The Hall–Kier alpha value is -1.79. The first kappa shape index (κ1) is 10.2. The van der Waals surface area contributed by atoms with E-state index < -0.39 is 0 Å². The van der Waals surface area contributed by atoms with Gasteiger partial charge >= 0.3 is 0 Å². The third-order valence-corrected chi connectivity index (χ3v) is 4.56. The van der Waals surface area contributed by atoms with Crippen molar-refractivity contribution in [2.45, 2.75) is 4.90 Å². The minimum atomic E-state index is 0.941. The monoisotopic (exact) mass is 272 g/mol. The maximum Gasteiger partial charge on any atom is 0.108 e. The second-order valence-corrected chi connectivity index (χ2v) is 5.63. The third kappa shape index (κ3) is 1.46. The summed E-state index contributed by atoms with van der Waals surface area (Å²) in [7, 11) is 0. The standard InChI is InChI=1S/C12H8N4S2/c1-2-7-11-8(4-1)14-16(18-11)10-6-3-5-9-12(10)17-15-13-9/h1-7,14H. The van der Waals surface area contributed by atoms with Crippen LogP contribution in [0.2, 0.25) is 0 Å². The molecular formula is C12H8N4S2. The molecule has 4 nitrogen and oxygen atoms in total. The number of hydrogen-bond donors (Lipinski definition) is 1. The fourth-order valence-electron chi connectivity index (χ4n) is 1.93. The van der Waals surface area contributed by atoms with Crippen molar-refractivity contribution < 1.29 is 0 Å². The van der Waals surface area contributed by atoms with E-state index in [9.17, 15) is 0 Å². The van der Waals surface area contributed by atoms with E-state index in [1.165, 1.54) is 16.4 Å². The molecule has 4 rings (SSSR count). The lowest BCUT2D eigenvalue weighted by Crippen LogP contribution is -2.16. The van der Waals surface area contributed by atoms with E-state index in [1.54, 1.807) is 11.9 Å². The quantitative estimate of drug-likeness (QED) is 0.686. The number of rotatable bonds is 1. The third-order valence-electron chi connectivity index (χ3n) is 2.77. The fourth-order valence-corrected chi connectivity index (χ4v) is 3.60. The number of fused-ring (bicyclic) bond motifs is 2. The van der Waals surface area contributed by atoms with Crippen LogP contribution in [0.4, 0.5) is 11.4 Å². The Morgan fingerprint density at radius 1 is 1.06 bits per heavy atom. The second-order valence-electron chi connectivity index (χ2n) is 3.89. The molecule has 0 saturated heterocycles. The van der Waals surface area contributed by atoms with Gasteiger partial charge in [0.25, 0.3) is 0 Å². The molecule has 0 saturated carbocycles. The summed E-state index contributed by atoms with van der Waals surface area (Å²) in [6, 6.07) is 14.3. The van der Waals surface area contributed by atoms with Gasteiger partial charge in [-0.1, -0.05) is 22.7 Å². The molecule has 0 atom stereocenters. The molecule has 6 heteroatoms. The molecule has 18 heavy (non-hydrogen) atoms. The maximum absolute atomic E-state index is 4.10. The number of aromatic nitrogens is 2. The highest BCUT2D eigenvalue weighted by molar-refractivity contribution is 8.01. The average Bonchev–Trinajstić information content (AvgIpc) is 3.04. The topological polar surface area (TPSA) is 41.0 Å². The van der Waals surface area contributed by atoms with Gasteiger partial charge in [-0.3, -0.25) is 5.43 Å². The molecule has 0 aliphatic carbocycles. The molecule has 0 radical (unpaired) electrons. The van der Waals surface area contributed by atoms with Crippen LogP contribution < -0.4 is 9.84 Å². The molecule has 0 spiro atoms. The molecule has 1 aromatic heterocycles. The Morgan fingerprint density at radius 3 is 2.94 bits per heavy atom. The van der Waals surface area contributed by atoms with Crippen molar-refractivity contribution in [1.82, 2.24) is 9.59 Å². The van der Waals surface area contributed by atoms with Crippen molar-refractivity contribution >= 4 is 45.1 Å². The van der Waals surface area contributed by atoms with Crippen LogP contribution in [0.25, 0.3) is 10.2 Å². The Balaban J connectivity index is 1.80. The van der Waals surface area contributed by atoms with E-state index in [-0.39, 0.29) is 0 Å². The molecule has 1 N–H and O–H groups in total. The lowest BCUT2D eigenvalue weighted by Gasteiger charge is -2.16. The molecule has 0 fully saturated rings. The number of anilines is 2. The highest BCUT2D eigenvalue weighted by Crippen LogP contribution is 2.42. The summed E-state index contributed by atoms with van der Waals surface area (Å²) in [5, 5.41) is 4.10. The van der Waals surface area contributed by atoms with Gasteiger partial charge in [0.05, 0.1) is 16.3 Å². The zero-order valence-corrected chi connectivity index (χ0v) is 10.8. The van der Waals surface area contributed by atoms with Crippen LogP contribution in [0, 0.1) is 0 Å². The Kier molecular flexibility index (Phi) is 2.18. The molecule has 0 unspecified atom stereocenters. The predicted molar refractivity (Wildman–Crippen MR) is 75.8 cm³/mol. The summed E-state index contributed by atoms with van der Waals surface area (Å²) in [6.45, 7) is 0. The van der Waals surface area contributed by atoms with Gasteiger partial charge in [-0.15, -0.1) is 5.10 Å². The molecule has 1 aliphatic heterocycles. The van der Waals surface area contributed by atoms with Crippen LogP contribution in [0.3, 0.4) is 0 Å². The van der Waals surface area contributed by atoms with Gasteiger partial charge in [-0.2, -0.15) is 0 Å². The molecule has 2 heterocycles. The largest absolute Gasteiger partial charge is 0.287 e. The van der Waals surface area contributed by atoms with E-state index in [1.807, 2.05) is 24.3 Å². The van der Waals surface area contributed by atoms with Crippen molar-refractivity contribution in [3.8, 4) is 0 Å². The predicted octanol–water partition coefficient (Wildman–Crippen LogP) is 3.55. The van der Waals surface area contributed by atoms with E-state index in [4.69, 9.17) is 0 Å². The Labute approximate surface area is 112 Å². The summed E-state index contributed by atoms with van der Waals surface area (Å²) in [5.41, 5.74) is 6.56. The number of benzene rings is 2. The Morgan fingerprint density at radius 2 is 2.00 bits per heavy atom. The summed E-state index contributed by atoms with van der Waals surface area (Å²) >= 11 is 3.10. The fraction of sp³-hybridized carbons (Fsp3) is 0. The highest BCUT2D eigenvalue weighted by Gasteiger charge is 2.21. The summed E-state index contributed by atoms with van der Waals surface area (Å²) in [4.78, 5) is 1.23. The zero-order valence-electron chi connectivity index (χ0n) is 9.20. The molecular weight excluding hydrogens is 264 g/mol. The SMILES string of the molecule is c1ccc2c(c1)NN(c1cccc3nnsc13)S2. The van der Waals surface area contributed by atoms with Gasteiger partial charge in [-0.05, 0) is 35.8 Å². The highest BCUT2D eigenvalue weighted by atomic mass is 32.2. The van der Waals surface area contributed by atoms with Crippen LogP contribution in [-0.2, 0) is 0 Å². The van der Waals surface area contributed by atoms with Crippen molar-refractivity contribution in [2.24, 2.45) is 0 Å². The number of hydrazine groups is 1. The van der Waals surface area contributed by atoms with Crippen molar-refractivity contribution in [2.75, 3.05) is 9.84 Å². The van der Waals surface area contributed by atoms with E-state index in [2.05, 4.69) is 37.6 Å². The van der Waals surface area contributed by atoms with Crippen LogP contribution in [0.15, 0.2) is 47.4 Å². The van der Waals surface area contributed by atoms with Gasteiger partial charge in [-0.25, -0.2) is 4.41 Å². The van der Waals surface area contributed by atoms with E-state index in [0.29, 0.717) is 0 Å². The molecule has 0 bridgehead atoms. The first-order chi connectivity index (χ1) is 8.92. The number of hydrogen-bond acceptors (Lipinski definition) is 6. The lowest BCUT2D eigenvalue weighted by molar-refractivity contribution is 1.20. The van der Waals surface area contributed by atoms with Crippen molar-refractivity contribution in [3.63, 3.8) is 0 Å². The lowest BCUT2D eigenvalue weighted by atomic mass is 10.3.